The molecule has 0 heterocycles. The third-order valence-electron chi connectivity index (χ3n) is 2.90. The van der Waals surface area contributed by atoms with E-state index in [1.54, 1.807) is 0 Å². The second kappa shape index (κ2) is 4.47. The first-order chi connectivity index (χ1) is 7.57. The summed E-state index contributed by atoms with van der Waals surface area (Å²) < 4.78 is 25.9. The molecule has 2 unspecified atom stereocenters. The zero-order chi connectivity index (χ0) is 11.6. The van der Waals surface area contributed by atoms with E-state index in [0.717, 1.165) is 5.56 Å². The third-order valence-corrected chi connectivity index (χ3v) is 2.90. The maximum absolute atomic E-state index is 13.0. The van der Waals surface area contributed by atoms with Crippen LogP contribution in [0.3, 0.4) is 0 Å². The topological polar surface area (TPSA) is 32.3 Å². The molecule has 1 fully saturated rings. The number of nitrogens with one attached hydrogen (secondary N) is 1. The van der Waals surface area contributed by atoms with Crippen LogP contribution in [-0.2, 0) is 6.54 Å². The molecule has 0 radical (unpaired) electrons. The molecule has 2 nitrogen and oxygen atoms in total. The Morgan fingerprint density at radius 2 is 1.94 bits per heavy atom. The van der Waals surface area contributed by atoms with Gasteiger partial charge in [0.25, 0.3) is 5.92 Å². The van der Waals surface area contributed by atoms with Crippen LogP contribution in [0.2, 0.25) is 0 Å². The molecule has 0 aromatic heterocycles. The van der Waals surface area contributed by atoms with Gasteiger partial charge in [-0.2, -0.15) is 0 Å². The lowest BCUT2D eigenvalue weighted by molar-refractivity contribution is -0.00366. The maximum Gasteiger partial charge on any atom is 0.252 e. The number of aliphatic hydroxyl groups is 1. The van der Waals surface area contributed by atoms with E-state index in [1.165, 1.54) is 0 Å². The molecular formula is C12H15F2NO. The summed E-state index contributed by atoms with van der Waals surface area (Å²) in [5.41, 5.74) is 1.03. The second-order valence-electron chi connectivity index (χ2n) is 4.30. The standard InChI is InChI=1S/C12H15F2NO/c13-12(14)6-10(11(16)7-12)15-8-9-4-2-1-3-5-9/h1-5,10-11,15-16H,6-8H2. The van der Waals surface area contributed by atoms with Crippen molar-refractivity contribution in [1.29, 1.82) is 0 Å². The fourth-order valence-electron chi connectivity index (χ4n) is 2.04. The molecule has 88 valence electrons. The highest BCUT2D eigenvalue weighted by molar-refractivity contribution is 5.14. The Morgan fingerprint density at radius 3 is 2.50 bits per heavy atom. The highest BCUT2D eigenvalue weighted by Gasteiger charge is 2.45. The Bertz CT molecular complexity index is 342. The highest BCUT2D eigenvalue weighted by atomic mass is 19.3. The largest absolute Gasteiger partial charge is 0.391 e. The Kier molecular flexibility index (Phi) is 3.21. The minimum atomic E-state index is -2.73. The first-order valence-corrected chi connectivity index (χ1v) is 5.40. The zero-order valence-corrected chi connectivity index (χ0v) is 8.87. The Hall–Kier alpha value is -1.00. The van der Waals surface area contributed by atoms with Crippen molar-refractivity contribution in [3.63, 3.8) is 0 Å². The van der Waals surface area contributed by atoms with Gasteiger partial charge in [0.15, 0.2) is 0 Å². The molecule has 1 saturated carbocycles. The quantitative estimate of drug-likeness (QED) is 0.827. The van der Waals surface area contributed by atoms with Crippen molar-refractivity contribution in [2.45, 2.75) is 37.5 Å². The molecule has 0 bridgehead atoms. The van der Waals surface area contributed by atoms with Gasteiger partial charge in [-0.05, 0) is 5.56 Å². The summed E-state index contributed by atoms with van der Waals surface area (Å²) in [5.74, 6) is -2.73. The van der Waals surface area contributed by atoms with Crippen LogP contribution in [0.4, 0.5) is 8.78 Å². The number of rotatable bonds is 3. The molecule has 2 N–H and O–H groups in total. The van der Waals surface area contributed by atoms with Gasteiger partial charge in [0.05, 0.1) is 6.10 Å². The van der Waals surface area contributed by atoms with E-state index in [1.807, 2.05) is 30.3 Å². The van der Waals surface area contributed by atoms with Crippen molar-refractivity contribution < 1.29 is 13.9 Å². The van der Waals surface area contributed by atoms with Crippen molar-refractivity contribution in [3.8, 4) is 0 Å². The van der Waals surface area contributed by atoms with Gasteiger partial charge in [0.1, 0.15) is 0 Å². The number of alkyl halides is 2. The lowest BCUT2D eigenvalue weighted by atomic mass is 10.2. The molecule has 1 aromatic carbocycles. The van der Waals surface area contributed by atoms with E-state index in [2.05, 4.69) is 5.32 Å². The van der Waals surface area contributed by atoms with Crippen molar-refractivity contribution >= 4 is 0 Å². The van der Waals surface area contributed by atoms with Crippen LogP contribution in [0, 0.1) is 0 Å². The van der Waals surface area contributed by atoms with Crippen molar-refractivity contribution in [2.24, 2.45) is 0 Å². The summed E-state index contributed by atoms with van der Waals surface area (Å²) in [7, 11) is 0. The lowest BCUT2D eigenvalue weighted by Gasteiger charge is -2.15. The SMILES string of the molecule is OC1CC(F)(F)CC1NCc1ccccc1. The van der Waals surface area contributed by atoms with Gasteiger partial charge in [-0.1, -0.05) is 30.3 Å². The van der Waals surface area contributed by atoms with Gasteiger partial charge < -0.3 is 10.4 Å². The first kappa shape index (κ1) is 11.5. The predicted octanol–water partition coefficient (Wildman–Crippen LogP) is 1.93. The molecule has 1 aliphatic rings. The van der Waals surface area contributed by atoms with E-state index in [-0.39, 0.29) is 6.42 Å². The number of hydrogen-bond acceptors (Lipinski definition) is 2. The van der Waals surface area contributed by atoms with E-state index < -0.39 is 24.5 Å². The molecule has 2 rings (SSSR count). The van der Waals surface area contributed by atoms with Crippen LogP contribution in [0.5, 0.6) is 0 Å². The Morgan fingerprint density at radius 1 is 1.25 bits per heavy atom. The van der Waals surface area contributed by atoms with Crippen molar-refractivity contribution in [3.05, 3.63) is 35.9 Å². The molecular weight excluding hydrogens is 212 g/mol. The number of benzene rings is 1. The lowest BCUT2D eigenvalue weighted by Crippen LogP contribution is -2.35. The fourth-order valence-corrected chi connectivity index (χ4v) is 2.04. The average Bonchev–Trinajstić information content (AvgIpc) is 2.50. The number of aliphatic hydroxyl groups excluding tert-OH is 1. The van der Waals surface area contributed by atoms with Crippen molar-refractivity contribution in [2.75, 3.05) is 0 Å². The van der Waals surface area contributed by atoms with Gasteiger partial charge in [0.2, 0.25) is 0 Å². The van der Waals surface area contributed by atoms with E-state index in [0.29, 0.717) is 6.54 Å². The van der Waals surface area contributed by atoms with Crippen LogP contribution < -0.4 is 5.32 Å². The molecule has 16 heavy (non-hydrogen) atoms. The van der Waals surface area contributed by atoms with Gasteiger partial charge in [0, 0.05) is 25.4 Å². The summed E-state index contributed by atoms with van der Waals surface area (Å²) in [6.45, 7) is 0.513. The van der Waals surface area contributed by atoms with Gasteiger partial charge in [-0.3, -0.25) is 0 Å². The van der Waals surface area contributed by atoms with Gasteiger partial charge in [-0.15, -0.1) is 0 Å². The fraction of sp³-hybridized carbons (Fsp3) is 0.500. The maximum atomic E-state index is 13.0. The van der Waals surface area contributed by atoms with Crippen LogP contribution in [0.1, 0.15) is 18.4 Å². The summed E-state index contributed by atoms with van der Waals surface area (Å²) in [4.78, 5) is 0. The monoisotopic (exact) mass is 227 g/mol. The molecule has 4 heteroatoms. The van der Waals surface area contributed by atoms with Crippen LogP contribution >= 0.6 is 0 Å². The normalized spacial score (nSPS) is 28.2. The summed E-state index contributed by atoms with van der Waals surface area (Å²) in [6, 6.07) is 9.05. The zero-order valence-electron chi connectivity index (χ0n) is 8.87. The molecule has 2 atom stereocenters. The summed E-state index contributed by atoms with van der Waals surface area (Å²) in [6.07, 6.45) is -1.65. The first-order valence-electron chi connectivity index (χ1n) is 5.40. The van der Waals surface area contributed by atoms with Crippen LogP contribution in [-0.4, -0.2) is 23.2 Å². The van der Waals surface area contributed by atoms with E-state index in [9.17, 15) is 13.9 Å². The minimum absolute atomic E-state index is 0.277. The highest BCUT2D eigenvalue weighted by Crippen LogP contribution is 2.35. The molecule has 0 saturated heterocycles. The van der Waals surface area contributed by atoms with Gasteiger partial charge in [-0.25, -0.2) is 8.78 Å². The Labute approximate surface area is 93.3 Å². The molecule has 0 spiro atoms. The predicted molar refractivity (Wildman–Crippen MR) is 57.3 cm³/mol. The third kappa shape index (κ3) is 2.77. The Balaban J connectivity index is 1.87. The van der Waals surface area contributed by atoms with E-state index >= 15 is 0 Å². The van der Waals surface area contributed by atoms with E-state index in [4.69, 9.17) is 0 Å². The average molecular weight is 227 g/mol. The van der Waals surface area contributed by atoms with Crippen LogP contribution in [0.15, 0.2) is 30.3 Å². The summed E-state index contributed by atoms with van der Waals surface area (Å²) >= 11 is 0. The second-order valence-corrected chi connectivity index (χ2v) is 4.30. The van der Waals surface area contributed by atoms with Gasteiger partial charge >= 0.3 is 0 Å². The minimum Gasteiger partial charge on any atom is -0.391 e. The smallest absolute Gasteiger partial charge is 0.252 e. The molecule has 1 aromatic rings. The number of halogens is 2. The van der Waals surface area contributed by atoms with Crippen molar-refractivity contribution in [1.82, 2.24) is 5.32 Å². The number of hydrogen-bond donors (Lipinski definition) is 2. The molecule has 0 aliphatic heterocycles. The summed E-state index contributed by atoms with van der Waals surface area (Å²) in [5, 5.41) is 12.4. The molecule has 1 aliphatic carbocycles. The molecule has 0 amide bonds. The van der Waals surface area contributed by atoms with Crippen LogP contribution in [0.25, 0.3) is 0 Å².